The number of aliphatic hydroxyl groups is 1. The second-order valence-electron chi connectivity index (χ2n) is 3.18. The van der Waals surface area contributed by atoms with Crippen LogP contribution in [0.2, 0.25) is 5.02 Å². The quantitative estimate of drug-likeness (QED) is 0.799. The summed E-state index contributed by atoms with van der Waals surface area (Å²) in [5, 5.41) is 8.91. The molecule has 2 nitrogen and oxygen atoms in total. The predicted octanol–water partition coefficient (Wildman–Crippen LogP) is 2.40. The highest BCUT2D eigenvalue weighted by Crippen LogP contribution is 2.30. The average Bonchev–Trinajstić information content (AvgIpc) is 2.18. The van der Waals surface area contributed by atoms with Gasteiger partial charge in [0.15, 0.2) is 6.10 Å². The zero-order valence-electron chi connectivity index (χ0n) is 7.80. The largest absolute Gasteiger partial charge is 0.416 e. The van der Waals surface area contributed by atoms with Gasteiger partial charge in [0, 0.05) is 10.6 Å². The van der Waals surface area contributed by atoms with Crippen molar-refractivity contribution in [3.8, 4) is 0 Å². The summed E-state index contributed by atoms with van der Waals surface area (Å²) < 4.78 is 49.5. The molecular weight excluding hydrogens is 250 g/mol. The lowest BCUT2D eigenvalue weighted by atomic mass is 10.0. The van der Waals surface area contributed by atoms with Gasteiger partial charge in [-0.3, -0.25) is 0 Å². The van der Waals surface area contributed by atoms with Crippen molar-refractivity contribution in [1.82, 2.24) is 0 Å². The van der Waals surface area contributed by atoms with Crippen LogP contribution < -0.4 is 5.73 Å². The van der Waals surface area contributed by atoms with E-state index in [4.69, 9.17) is 22.4 Å². The Morgan fingerprint density at radius 2 is 1.88 bits per heavy atom. The standard InChI is InChI=1S/C9H8ClF4NO/c10-4-1-2-6(11)5(3-4)7(15)8(16)9(12,13)14/h1-3,7-8,16H,15H2/t7-,8-/m0/s1. The normalized spacial score (nSPS) is 15.9. The van der Waals surface area contributed by atoms with Crippen LogP contribution in [0.3, 0.4) is 0 Å². The number of halogens is 5. The highest BCUT2D eigenvalue weighted by molar-refractivity contribution is 6.30. The minimum Gasteiger partial charge on any atom is -0.382 e. The summed E-state index contributed by atoms with van der Waals surface area (Å²) in [5.41, 5.74) is 4.65. The predicted molar refractivity (Wildman–Crippen MR) is 50.4 cm³/mol. The molecule has 0 aromatic heterocycles. The van der Waals surface area contributed by atoms with Crippen molar-refractivity contribution in [1.29, 1.82) is 0 Å². The monoisotopic (exact) mass is 257 g/mol. The molecule has 0 aliphatic rings. The maximum absolute atomic E-state index is 13.2. The van der Waals surface area contributed by atoms with Gasteiger partial charge in [0.25, 0.3) is 0 Å². The van der Waals surface area contributed by atoms with E-state index in [1.54, 1.807) is 0 Å². The zero-order valence-corrected chi connectivity index (χ0v) is 8.56. The first-order valence-corrected chi connectivity index (χ1v) is 4.56. The molecule has 1 rings (SSSR count). The molecule has 0 bridgehead atoms. The van der Waals surface area contributed by atoms with Crippen LogP contribution in [0.4, 0.5) is 17.6 Å². The van der Waals surface area contributed by atoms with Crippen molar-refractivity contribution in [3.05, 3.63) is 34.6 Å². The molecule has 3 N–H and O–H groups in total. The minimum absolute atomic E-state index is 0.0428. The van der Waals surface area contributed by atoms with Crippen molar-refractivity contribution >= 4 is 11.6 Å². The molecular formula is C9H8ClF4NO. The van der Waals surface area contributed by atoms with Crippen molar-refractivity contribution < 1.29 is 22.7 Å². The first kappa shape index (κ1) is 13.2. The smallest absolute Gasteiger partial charge is 0.382 e. The van der Waals surface area contributed by atoms with Gasteiger partial charge in [-0.25, -0.2) is 4.39 Å². The topological polar surface area (TPSA) is 46.2 Å². The SMILES string of the molecule is N[C@@H](c1cc(Cl)ccc1F)[C@H](O)C(F)(F)F. The van der Waals surface area contributed by atoms with Gasteiger partial charge in [-0.1, -0.05) is 11.6 Å². The molecule has 1 aromatic carbocycles. The second-order valence-corrected chi connectivity index (χ2v) is 3.61. The van der Waals surface area contributed by atoms with Gasteiger partial charge in [-0.2, -0.15) is 13.2 Å². The van der Waals surface area contributed by atoms with E-state index < -0.39 is 29.7 Å². The summed E-state index contributed by atoms with van der Waals surface area (Å²) in [7, 11) is 0. The Kier molecular flexibility index (Phi) is 3.77. The number of hydrogen-bond donors (Lipinski definition) is 2. The van der Waals surface area contributed by atoms with Crippen LogP contribution in [0, 0.1) is 5.82 Å². The summed E-state index contributed by atoms with van der Waals surface area (Å²) >= 11 is 5.49. The molecule has 0 unspecified atom stereocenters. The fourth-order valence-corrected chi connectivity index (χ4v) is 1.32. The van der Waals surface area contributed by atoms with E-state index >= 15 is 0 Å². The third kappa shape index (κ3) is 2.84. The summed E-state index contributed by atoms with van der Waals surface area (Å²) in [6.45, 7) is 0. The van der Waals surface area contributed by atoms with Gasteiger partial charge >= 0.3 is 6.18 Å². The fraction of sp³-hybridized carbons (Fsp3) is 0.333. The Balaban J connectivity index is 3.05. The maximum atomic E-state index is 13.2. The van der Waals surface area contributed by atoms with E-state index in [2.05, 4.69) is 0 Å². The van der Waals surface area contributed by atoms with E-state index in [9.17, 15) is 17.6 Å². The minimum atomic E-state index is -4.91. The molecule has 2 atom stereocenters. The van der Waals surface area contributed by atoms with Gasteiger partial charge in [-0.05, 0) is 18.2 Å². The van der Waals surface area contributed by atoms with Gasteiger partial charge < -0.3 is 10.8 Å². The third-order valence-corrected chi connectivity index (χ3v) is 2.23. The number of aliphatic hydroxyl groups excluding tert-OH is 1. The summed E-state index contributed by atoms with van der Waals surface area (Å²) in [6.07, 6.45) is -7.74. The zero-order chi connectivity index (χ0) is 12.5. The molecule has 0 radical (unpaired) electrons. The van der Waals surface area contributed by atoms with Crippen molar-refractivity contribution in [2.75, 3.05) is 0 Å². The number of benzene rings is 1. The molecule has 0 aliphatic heterocycles. The van der Waals surface area contributed by atoms with Crippen LogP contribution >= 0.6 is 11.6 Å². The maximum Gasteiger partial charge on any atom is 0.416 e. The summed E-state index contributed by atoms with van der Waals surface area (Å²) in [4.78, 5) is 0. The van der Waals surface area contributed by atoms with Crippen LogP contribution in [-0.2, 0) is 0 Å². The van der Waals surface area contributed by atoms with Crippen LogP contribution in [0.5, 0.6) is 0 Å². The summed E-state index contributed by atoms with van der Waals surface area (Å²) in [6, 6.07) is 1.11. The van der Waals surface area contributed by atoms with Gasteiger partial charge in [0.05, 0.1) is 6.04 Å². The van der Waals surface area contributed by atoms with Crippen LogP contribution in [-0.4, -0.2) is 17.4 Å². The van der Waals surface area contributed by atoms with E-state index in [0.29, 0.717) is 0 Å². The average molecular weight is 258 g/mol. The molecule has 0 saturated heterocycles. The highest BCUT2D eigenvalue weighted by Gasteiger charge is 2.43. The van der Waals surface area contributed by atoms with Gasteiger partial charge in [-0.15, -0.1) is 0 Å². The Morgan fingerprint density at radius 3 is 2.38 bits per heavy atom. The van der Waals surface area contributed by atoms with E-state index in [1.807, 2.05) is 0 Å². The third-order valence-electron chi connectivity index (χ3n) is 1.99. The van der Waals surface area contributed by atoms with Crippen molar-refractivity contribution in [3.63, 3.8) is 0 Å². The van der Waals surface area contributed by atoms with Crippen LogP contribution in [0.25, 0.3) is 0 Å². The molecule has 16 heavy (non-hydrogen) atoms. The van der Waals surface area contributed by atoms with E-state index in [-0.39, 0.29) is 5.02 Å². The summed E-state index contributed by atoms with van der Waals surface area (Å²) in [5.74, 6) is -0.944. The molecule has 0 heterocycles. The number of hydrogen-bond acceptors (Lipinski definition) is 2. The fourth-order valence-electron chi connectivity index (χ4n) is 1.14. The molecule has 0 amide bonds. The molecule has 7 heteroatoms. The molecule has 0 saturated carbocycles. The number of nitrogens with two attached hydrogens (primary N) is 1. The molecule has 0 fully saturated rings. The lowest BCUT2D eigenvalue weighted by Gasteiger charge is -2.22. The Labute approximate surface area is 93.6 Å². The lowest BCUT2D eigenvalue weighted by Crippen LogP contribution is -2.39. The molecule has 90 valence electrons. The Bertz CT molecular complexity index is 382. The van der Waals surface area contributed by atoms with E-state index in [1.165, 1.54) is 6.07 Å². The van der Waals surface area contributed by atoms with Crippen molar-refractivity contribution in [2.24, 2.45) is 5.73 Å². The van der Waals surface area contributed by atoms with Crippen LogP contribution in [0.15, 0.2) is 18.2 Å². The van der Waals surface area contributed by atoms with Gasteiger partial charge in [0.2, 0.25) is 0 Å². The Hall–Kier alpha value is -0.850. The highest BCUT2D eigenvalue weighted by atomic mass is 35.5. The van der Waals surface area contributed by atoms with Crippen molar-refractivity contribution in [2.45, 2.75) is 18.3 Å². The molecule has 0 spiro atoms. The first-order valence-electron chi connectivity index (χ1n) is 4.19. The lowest BCUT2D eigenvalue weighted by molar-refractivity contribution is -0.210. The number of rotatable bonds is 2. The second kappa shape index (κ2) is 4.57. The number of alkyl halides is 3. The molecule has 0 aliphatic carbocycles. The molecule has 1 aromatic rings. The Morgan fingerprint density at radius 1 is 1.31 bits per heavy atom. The van der Waals surface area contributed by atoms with Gasteiger partial charge in [0.1, 0.15) is 5.82 Å². The van der Waals surface area contributed by atoms with Crippen LogP contribution in [0.1, 0.15) is 11.6 Å². The first-order chi connectivity index (χ1) is 7.23. The van der Waals surface area contributed by atoms with E-state index in [0.717, 1.165) is 12.1 Å².